The summed E-state index contributed by atoms with van der Waals surface area (Å²) in [7, 11) is 0. The van der Waals surface area contributed by atoms with Crippen LogP contribution in [0.3, 0.4) is 0 Å². The number of amides is 2. The van der Waals surface area contributed by atoms with Crippen molar-refractivity contribution in [2.75, 3.05) is 41.1 Å². The molecule has 12 heteroatoms. The van der Waals surface area contributed by atoms with Crippen molar-refractivity contribution in [2.45, 2.75) is 38.3 Å². The Morgan fingerprint density at radius 1 is 0.714 bits per heavy atom. The van der Waals surface area contributed by atoms with E-state index in [1.54, 1.807) is 13.8 Å². The summed E-state index contributed by atoms with van der Waals surface area (Å²) in [5, 5.41) is 37.5. The van der Waals surface area contributed by atoms with Crippen molar-refractivity contribution in [1.82, 2.24) is 9.80 Å². The minimum absolute atomic E-state index is 0.0610. The molecule has 12 nitrogen and oxygen atoms in total. The molecule has 0 aliphatic carbocycles. The molecule has 0 aliphatic heterocycles. The van der Waals surface area contributed by atoms with E-state index in [9.17, 15) is 29.4 Å². The minimum Gasteiger partial charge on any atom is -0.464 e. The molecule has 0 aliphatic rings. The molecular formula is C16H30N2O10. The van der Waals surface area contributed by atoms with Gasteiger partial charge in [0.25, 0.3) is 11.8 Å². The van der Waals surface area contributed by atoms with Gasteiger partial charge in [-0.2, -0.15) is 0 Å². The Morgan fingerprint density at radius 2 is 1.00 bits per heavy atom. The van der Waals surface area contributed by atoms with E-state index in [0.717, 1.165) is 0 Å². The summed E-state index contributed by atoms with van der Waals surface area (Å²) < 4.78 is 92.9. The van der Waals surface area contributed by atoms with Gasteiger partial charge in [-0.15, -0.1) is 0 Å². The van der Waals surface area contributed by atoms with Crippen molar-refractivity contribution in [1.29, 1.82) is 0 Å². The molecule has 0 saturated heterocycles. The molecule has 28 heavy (non-hydrogen) atoms. The summed E-state index contributed by atoms with van der Waals surface area (Å²) in [6, 6.07) is 0. The number of nitrogens with zero attached hydrogens (tertiary/aromatic N) is 2. The van der Waals surface area contributed by atoms with Gasteiger partial charge in [-0.05, 0) is 13.8 Å². The summed E-state index contributed by atoms with van der Waals surface area (Å²) in [6.07, 6.45) is -9.88. The fraction of sp³-hybridized carbons (Fsp3) is 0.750. The van der Waals surface area contributed by atoms with Gasteiger partial charge in [0.15, 0.2) is 24.4 Å². The summed E-state index contributed by atoms with van der Waals surface area (Å²) in [5.41, 5.74) is 0. The second-order valence-corrected chi connectivity index (χ2v) is 4.63. The van der Waals surface area contributed by atoms with E-state index in [1.165, 1.54) is 0 Å². The number of hydrogen-bond acceptors (Lipinski definition) is 10. The highest BCUT2D eigenvalue weighted by molar-refractivity contribution is 5.90. The van der Waals surface area contributed by atoms with E-state index in [-0.39, 0.29) is 13.2 Å². The highest BCUT2D eigenvalue weighted by Gasteiger charge is 2.33. The van der Waals surface area contributed by atoms with Gasteiger partial charge in [-0.3, -0.25) is 9.59 Å². The molecule has 0 rings (SSSR count). The van der Waals surface area contributed by atoms with Crippen LogP contribution in [0.5, 0.6) is 0 Å². The maximum Gasteiger partial charge on any atom is 0.338 e. The smallest absolute Gasteiger partial charge is 0.338 e. The highest BCUT2D eigenvalue weighted by Crippen LogP contribution is 2.01. The Bertz CT molecular complexity index is 777. The quantitative estimate of drug-likeness (QED) is 0.290. The van der Waals surface area contributed by atoms with Gasteiger partial charge < -0.3 is 39.7 Å². The van der Waals surface area contributed by atoms with Crippen LogP contribution in [-0.2, 0) is 28.7 Å². The van der Waals surface area contributed by atoms with Gasteiger partial charge in [0.1, 0.15) is 0 Å². The molecule has 4 unspecified atom stereocenters. The van der Waals surface area contributed by atoms with Crippen molar-refractivity contribution in [2.24, 2.45) is 0 Å². The molecule has 0 aromatic carbocycles. The van der Waals surface area contributed by atoms with E-state index >= 15 is 0 Å². The van der Waals surface area contributed by atoms with Crippen LogP contribution in [0.1, 0.15) is 30.3 Å². The normalized spacial score (nSPS) is 22.5. The fourth-order valence-electron chi connectivity index (χ4n) is 1.25. The Labute approximate surface area is 180 Å². The lowest BCUT2D eigenvalue weighted by molar-refractivity contribution is -0.172. The molecule has 0 heterocycles. The third-order valence-electron chi connectivity index (χ3n) is 2.60. The molecule has 0 aromatic heterocycles. The van der Waals surface area contributed by atoms with E-state index in [0.29, 0.717) is 0 Å². The standard InChI is InChI=1S/C8H16N2O4.C8H14O6/c1-9(2)7(13)5(11)6(12)8(14)10(3)4;1-3-13-7(11)5(9)6(10)8(12)14-4-2/h5-6,11-12H,1-4H3;5-6,9-10H,3-4H2,1-2H3/i1D3,2D3,3D3,4D3;. The second-order valence-electron chi connectivity index (χ2n) is 4.63. The third-order valence-corrected chi connectivity index (χ3v) is 2.60. The fourth-order valence-corrected chi connectivity index (χ4v) is 1.25. The molecule has 164 valence electrons. The van der Waals surface area contributed by atoms with Crippen LogP contribution < -0.4 is 0 Å². The monoisotopic (exact) mass is 422 g/mol. The molecule has 0 aromatic rings. The molecule has 0 fully saturated rings. The van der Waals surface area contributed by atoms with Crippen LogP contribution >= 0.6 is 0 Å². The number of esters is 2. The minimum atomic E-state index is -3.61. The number of aliphatic hydroxyl groups is 4. The Morgan fingerprint density at radius 3 is 1.21 bits per heavy atom. The van der Waals surface area contributed by atoms with Gasteiger partial charge in [-0.1, -0.05) is 0 Å². The first kappa shape index (κ1) is 12.3. The van der Waals surface area contributed by atoms with E-state index in [4.69, 9.17) is 26.7 Å². The molecule has 4 atom stereocenters. The lowest BCUT2D eigenvalue weighted by Crippen LogP contribution is -2.48. The van der Waals surface area contributed by atoms with Gasteiger partial charge in [0.05, 0.1) is 13.2 Å². The van der Waals surface area contributed by atoms with Gasteiger partial charge in [0.2, 0.25) is 0 Å². The second kappa shape index (κ2) is 13.8. The van der Waals surface area contributed by atoms with Gasteiger partial charge >= 0.3 is 11.9 Å². The van der Waals surface area contributed by atoms with Crippen molar-refractivity contribution in [3.8, 4) is 0 Å². The van der Waals surface area contributed by atoms with Crippen LogP contribution in [0, 0.1) is 0 Å². The number of carbonyl (C=O) groups is 4. The van der Waals surface area contributed by atoms with Crippen LogP contribution in [-0.4, -0.2) is 120 Å². The molecule has 4 N–H and O–H groups in total. The van der Waals surface area contributed by atoms with Crippen LogP contribution in [0.2, 0.25) is 0 Å². The topological polar surface area (TPSA) is 174 Å². The maximum absolute atomic E-state index is 11.9. The molecule has 2 amide bonds. The van der Waals surface area contributed by atoms with E-state index in [1.807, 2.05) is 0 Å². The zero-order chi connectivity index (χ0) is 32.6. The van der Waals surface area contributed by atoms with E-state index < -0.39 is 85.9 Å². The van der Waals surface area contributed by atoms with Gasteiger partial charge in [0, 0.05) is 44.4 Å². The Balaban J connectivity index is 0. The zero-order valence-corrected chi connectivity index (χ0v) is 14.9. The zero-order valence-electron chi connectivity index (χ0n) is 26.9. The number of carbonyl (C=O) groups excluding carboxylic acids is 4. The molecule has 0 spiro atoms. The summed E-state index contributed by atoms with van der Waals surface area (Å²) in [6.45, 7) is -11.2. The summed E-state index contributed by atoms with van der Waals surface area (Å²) in [4.78, 5) is 44.1. The number of aliphatic hydroxyl groups excluding tert-OH is 4. The largest absolute Gasteiger partial charge is 0.464 e. The molecule has 0 radical (unpaired) electrons. The predicted octanol–water partition coefficient (Wildman–Crippen LogP) is -3.28. The summed E-state index contributed by atoms with van der Waals surface area (Å²) in [5.74, 6) is -6.40. The van der Waals surface area contributed by atoms with Crippen LogP contribution in [0.15, 0.2) is 0 Å². The van der Waals surface area contributed by atoms with Crippen molar-refractivity contribution < 1.29 is 65.5 Å². The maximum atomic E-state index is 11.9. The predicted molar refractivity (Wildman–Crippen MR) is 94.7 cm³/mol. The first-order chi connectivity index (χ1) is 17.7. The number of likely N-dealkylation sites (N-methyl/N-ethyl adjacent to an activating group) is 2. The number of rotatable bonds is 8. The Kier molecular flexibility index (Phi) is 6.08. The van der Waals surface area contributed by atoms with Crippen molar-refractivity contribution >= 4 is 23.8 Å². The molecule has 0 bridgehead atoms. The number of ether oxygens (including phenoxy) is 2. The molecule has 0 saturated carbocycles. The highest BCUT2D eigenvalue weighted by atomic mass is 16.6. The van der Waals surface area contributed by atoms with Crippen LogP contribution in [0.25, 0.3) is 0 Å². The first-order valence-electron chi connectivity index (χ1n) is 13.4. The SMILES string of the molecule is CCOC(=O)C(O)C(O)C(=O)OCC.[2H]C([2H])([2H])N(C(=O)C(O)C(O)C(=O)N(C([2H])([2H])[2H])C([2H])([2H])[2H])C([2H])([2H])[2H]. The van der Waals surface area contributed by atoms with Crippen molar-refractivity contribution in [3.05, 3.63) is 0 Å². The lowest BCUT2D eigenvalue weighted by atomic mass is 10.1. The molecular weight excluding hydrogens is 380 g/mol. The third kappa shape index (κ3) is 9.60. The first-order valence-corrected chi connectivity index (χ1v) is 7.41. The van der Waals surface area contributed by atoms with Crippen molar-refractivity contribution in [3.63, 3.8) is 0 Å². The summed E-state index contributed by atoms with van der Waals surface area (Å²) >= 11 is 0. The lowest BCUT2D eigenvalue weighted by Gasteiger charge is -2.22. The Hall–Kier alpha value is -2.28. The van der Waals surface area contributed by atoms with Gasteiger partial charge in [-0.25, -0.2) is 9.59 Å². The van der Waals surface area contributed by atoms with E-state index in [2.05, 4.69) is 9.47 Å². The van der Waals surface area contributed by atoms with Crippen LogP contribution in [0.4, 0.5) is 0 Å². The average Bonchev–Trinajstić information content (AvgIpc) is 2.73. The average molecular weight is 422 g/mol. The number of hydrogen-bond donors (Lipinski definition) is 4.